The molecule has 1 aromatic carbocycles. The molecular weight excluding hydrogens is 356 g/mol. The Labute approximate surface area is 167 Å². The zero-order valence-electron chi connectivity index (χ0n) is 16.6. The fourth-order valence-electron chi connectivity index (χ4n) is 3.01. The molecule has 0 radical (unpaired) electrons. The molecule has 0 bridgehead atoms. The second-order valence-electron chi connectivity index (χ2n) is 7.08. The highest BCUT2D eigenvalue weighted by molar-refractivity contribution is 7.09. The Hall–Kier alpha value is -1.92. The van der Waals surface area contributed by atoms with Gasteiger partial charge in [0, 0.05) is 30.6 Å². The highest BCUT2D eigenvalue weighted by Gasteiger charge is 2.11. The van der Waals surface area contributed by atoms with E-state index in [0.29, 0.717) is 18.4 Å². The number of aliphatic hydroxyl groups is 1. The summed E-state index contributed by atoms with van der Waals surface area (Å²) in [5, 5.41) is 19.1. The van der Waals surface area contributed by atoms with Crippen LogP contribution >= 0.6 is 11.3 Å². The third kappa shape index (κ3) is 7.69. The molecule has 1 aromatic heterocycles. The van der Waals surface area contributed by atoms with Crippen LogP contribution in [0, 0.1) is 11.8 Å². The van der Waals surface area contributed by atoms with Gasteiger partial charge in [0.05, 0.1) is 12.2 Å². The van der Waals surface area contributed by atoms with E-state index < -0.39 is 0 Å². The third-order valence-corrected chi connectivity index (χ3v) is 5.07. The predicted molar refractivity (Wildman–Crippen MR) is 115 cm³/mol. The molecular formula is C21H32N4OS. The second-order valence-corrected chi connectivity index (χ2v) is 8.02. The van der Waals surface area contributed by atoms with E-state index in [2.05, 4.69) is 53.9 Å². The van der Waals surface area contributed by atoms with Crippen LogP contribution in [0.3, 0.4) is 0 Å². The first kappa shape index (κ1) is 21.4. The van der Waals surface area contributed by atoms with Crippen molar-refractivity contribution >= 4 is 17.3 Å². The van der Waals surface area contributed by atoms with Crippen molar-refractivity contribution in [2.75, 3.05) is 19.7 Å². The van der Waals surface area contributed by atoms with E-state index in [4.69, 9.17) is 4.98 Å². The minimum atomic E-state index is 0.230. The Morgan fingerprint density at radius 2 is 2.00 bits per heavy atom. The number of nitrogens with one attached hydrogen (secondary N) is 2. The molecule has 0 fully saturated rings. The minimum absolute atomic E-state index is 0.230. The van der Waals surface area contributed by atoms with Gasteiger partial charge in [0.2, 0.25) is 0 Å². The molecule has 2 aromatic rings. The lowest BCUT2D eigenvalue weighted by Crippen LogP contribution is -2.40. The maximum absolute atomic E-state index is 9.29. The van der Waals surface area contributed by atoms with Crippen LogP contribution in [0.15, 0.2) is 40.7 Å². The van der Waals surface area contributed by atoms with E-state index >= 15 is 0 Å². The molecule has 0 saturated heterocycles. The monoisotopic (exact) mass is 388 g/mol. The average Bonchev–Trinajstić information content (AvgIpc) is 3.13. The smallest absolute Gasteiger partial charge is 0.191 e. The Balaban J connectivity index is 1.95. The summed E-state index contributed by atoms with van der Waals surface area (Å²) >= 11 is 1.64. The zero-order chi connectivity index (χ0) is 19.5. The highest BCUT2D eigenvalue weighted by Crippen LogP contribution is 2.21. The Kier molecular flexibility index (Phi) is 9.28. The van der Waals surface area contributed by atoms with E-state index in [-0.39, 0.29) is 6.61 Å². The summed E-state index contributed by atoms with van der Waals surface area (Å²) in [5.74, 6) is 1.87. The van der Waals surface area contributed by atoms with Crippen LogP contribution in [0.1, 0.15) is 38.6 Å². The van der Waals surface area contributed by atoms with E-state index in [9.17, 15) is 5.11 Å². The lowest BCUT2D eigenvalue weighted by molar-refractivity contribution is 0.243. The molecule has 2 rings (SSSR count). The van der Waals surface area contributed by atoms with Gasteiger partial charge < -0.3 is 15.7 Å². The molecule has 6 heteroatoms. The molecule has 0 amide bonds. The van der Waals surface area contributed by atoms with Crippen LogP contribution in [-0.2, 0) is 6.54 Å². The van der Waals surface area contributed by atoms with E-state index in [1.54, 1.807) is 11.3 Å². The molecule has 3 N–H and O–H groups in total. The van der Waals surface area contributed by atoms with E-state index in [1.165, 1.54) is 0 Å². The summed E-state index contributed by atoms with van der Waals surface area (Å²) in [7, 11) is 0. The number of nitrogens with zero attached hydrogens (tertiary/aromatic N) is 2. The van der Waals surface area contributed by atoms with Crippen molar-refractivity contribution in [2.45, 2.75) is 40.2 Å². The maximum Gasteiger partial charge on any atom is 0.191 e. The highest BCUT2D eigenvalue weighted by atomic mass is 32.1. The van der Waals surface area contributed by atoms with Crippen LogP contribution in [0.2, 0.25) is 0 Å². The van der Waals surface area contributed by atoms with Crippen LogP contribution < -0.4 is 10.6 Å². The minimum Gasteiger partial charge on any atom is -0.396 e. The SMILES string of the molecule is CCNC(=NCc1nc(-c2ccccc2)cs1)NCC(CCO)CC(C)C. The Morgan fingerprint density at radius 3 is 2.67 bits per heavy atom. The van der Waals surface area contributed by atoms with Crippen molar-refractivity contribution < 1.29 is 5.11 Å². The summed E-state index contributed by atoms with van der Waals surface area (Å²) in [6.45, 7) is 8.92. The number of hydrogen-bond donors (Lipinski definition) is 3. The standard InChI is InChI=1S/C21H32N4OS/c1-4-22-21(23-13-17(10-11-26)12-16(2)3)24-14-20-25-19(15-27-20)18-8-6-5-7-9-18/h5-9,15-17,26H,4,10-14H2,1-3H3,(H2,22,23,24). The molecule has 0 spiro atoms. The maximum atomic E-state index is 9.29. The molecule has 27 heavy (non-hydrogen) atoms. The zero-order valence-corrected chi connectivity index (χ0v) is 17.4. The number of guanidine groups is 1. The molecule has 5 nitrogen and oxygen atoms in total. The first-order valence-electron chi connectivity index (χ1n) is 9.75. The lowest BCUT2D eigenvalue weighted by atomic mass is 9.94. The molecule has 0 aliphatic carbocycles. The van der Waals surface area contributed by atoms with Crippen molar-refractivity contribution in [1.29, 1.82) is 0 Å². The second kappa shape index (κ2) is 11.7. The van der Waals surface area contributed by atoms with Crippen molar-refractivity contribution in [3.63, 3.8) is 0 Å². The molecule has 1 atom stereocenters. The number of aromatic nitrogens is 1. The number of benzene rings is 1. The molecule has 1 unspecified atom stereocenters. The number of aliphatic imine (C=N–C) groups is 1. The van der Waals surface area contributed by atoms with Gasteiger partial charge in [-0.2, -0.15) is 0 Å². The lowest BCUT2D eigenvalue weighted by Gasteiger charge is -2.20. The Morgan fingerprint density at radius 1 is 1.22 bits per heavy atom. The summed E-state index contributed by atoms with van der Waals surface area (Å²) in [4.78, 5) is 9.38. The summed E-state index contributed by atoms with van der Waals surface area (Å²) < 4.78 is 0. The quantitative estimate of drug-likeness (QED) is 0.426. The van der Waals surface area contributed by atoms with Gasteiger partial charge in [0.25, 0.3) is 0 Å². The van der Waals surface area contributed by atoms with Gasteiger partial charge in [-0.3, -0.25) is 0 Å². The van der Waals surface area contributed by atoms with Crippen LogP contribution in [0.5, 0.6) is 0 Å². The summed E-state index contributed by atoms with van der Waals surface area (Å²) in [6, 6.07) is 10.2. The molecule has 0 aliphatic heterocycles. The first-order valence-corrected chi connectivity index (χ1v) is 10.6. The first-order chi connectivity index (χ1) is 13.1. The molecule has 0 aliphatic rings. The average molecular weight is 389 g/mol. The van der Waals surface area contributed by atoms with Gasteiger partial charge in [0.1, 0.15) is 5.01 Å². The third-order valence-electron chi connectivity index (χ3n) is 4.24. The normalized spacial score (nSPS) is 13.0. The van der Waals surface area contributed by atoms with Crippen molar-refractivity contribution in [3.05, 3.63) is 40.7 Å². The van der Waals surface area contributed by atoms with Gasteiger partial charge >= 0.3 is 0 Å². The van der Waals surface area contributed by atoms with Crippen molar-refractivity contribution in [1.82, 2.24) is 15.6 Å². The van der Waals surface area contributed by atoms with Gasteiger partial charge in [0.15, 0.2) is 5.96 Å². The van der Waals surface area contributed by atoms with Crippen molar-refractivity contribution in [2.24, 2.45) is 16.8 Å². The molecule has 1 heterocycles. The van der Waals surface area contributed by atoms with Gasteiger partial charge in [-0.15, -0.1) is 11.3 Å². The topological polar surface area (TPSA) is 69.5 Å². The largest absolute Gasteiger partial charge is 0.396 e. The van der Waals surface area contributed by atoms with Crippen LogP contribution in [-0.4, -0.2) is 35.7 Å². The van der Waals surface area contributed by atoms with E-state index in [1.807, 2.05) is 18.2 Å². The fraction of sp³-hybridized carbons (Fsp3) is 0.524. The number of hydrogen-bond acceptors (Lipinski definition) is 4. The summed E-state index contributed by atoms with van der Waals surface area (Å²) in [6.07, 6.45) is 1.91. The van der Waals surface area contributed by atoms with Crippen LogP contribution in [0.4, 0.5) is 0 Å². The fourth-order valence-corrected chi connectivity index (χ4v) is 3.73. The predicted octanol–water partition coefficient (Wildman–Crippen LogP) is 3.91. The summed E-state index contributed by atoms with van der Waals surface area (Å²) in [5.41, 5.74) is 2.14. The van der Waals surface area contributed by atoms with Gasteiger partial charge in [-0.05, 0) is 31.6 Å². The van der Waals surface area contributed by atoms with Crippen LogP contribution in [0.25, 0.3) is 11.3 Å². The number of aliphatic hydroxyl groups excluding tert-OH is 1. The van der Waals surface area contributed by atoms with Crippen molar-refractivity contribution in [3.8, 4) is 11.3 Å². The molecule has 0 saturated carbocycles. The van der Waals surface area contributed by atoms with Gasteiger partial charge in [-0.25, -0.2) is 9.98 Å². The molecule has 148 valence electrons. The Bertz CT molecular complexity index is 684. The van der Waals surface area contributed by atoms with Gasteiger partial charge in [-0.1, -0.05) is 44.2 Å². The van der Waals surface area contributed by atoms with E-state index in [0.717, 1.165) is 48.2 Å². The number of thiazole rings is 1. The number of rotatable bonds is 10.